The highest BCUT2D eigenvalue weighted by molar-refractivity contribution is 6.31. The second kappa shape index (κ2) is 10.3. The molecule has 6 nitrogen and oxygen atoms in total. The molecule has 2 aromatic carbocycles. The first-order valence-corrected chi connectivity index (χ1v) is 10.5. The van der Waals surface area contributed by atoms with Gasteiger partial charge in [0.25, 0.3) is 5.91 Å². The Kier molecular flexibility index (Phi) is 7.49. The van der Waals surface area contributed by atoms with Crippen LogP contribution in [0, 0.1) is 5.41 Å². The Morgan fingerprint density at radius 3 is 2.67 bits per heavy atom. The first-order valence-electron chi connectivity index (χ1n) is 10.1. The van der Waals surface area contributed by atoms with Crippen molar-refractivity contribution in [2.24, 2.45) is 5.73 Å². The molecular weight excluding hydrogens is 398 g/mol. The van der Waals surface area contributed by atoms with Crippen LogP contribution in [0.5, 0.6) is 0 Å². The summed E-state index contributed by atoms with van der Waals surface area (Å²) in [4.78, 5) is 17.4. The van der Waals surface area contributed by atoms with Crippen LogP contribution in [0.4, 0.5) is 5.69 Å². The predicted molar refractivity (Wildman–Crippen MR) is 123 cm³/mol. The highest BCUT2D eigenvalue weighted by Crippen LogP contribution is 2.25. The van der Waals surface area contributed by atoms with Crippen LogP contribution in [-0.4, -0.2) is 54.1 Å². The maximum Gasteiger partial charge on any atom is 0.274 e. The molecule has 1 aliphatic heterocycles. The molecule has 0 fully saturated rings. The van der Waals surface area contributed by atoms with Crippen molar-refractivity contribution in [2.75, 3.05) is 31.5 Å². The lowest BCUT2D eigenvalue weighted by Gasteiger charge is -2.43. The molecule has 1 heterocycles. The molecule has 0 bridgehead atoms. The van der Waals surface area contributed by atoms with Gasteiger partial charge in [0.1, 0.15) is 5.70 Å². The Balaban J connectivity index is 1.91. The zero-order valence-corrected chi connectivity index (χ0v) is 17.9. The fourth-order valence-electron chi connectivity index (χ4n) is 3.80. The van der Waals surface area contributed by atoms with Gasteiger partial charge in [0, 0.05) is 49.1 Å². The van der Waals surface area contributed by atoms with E-state index in [2.05, 4.69) is 29.3 Å². The zero-order valence-electron chi connectivity index (χ0n) is 17.1. The Bertz CT molecular complexity index is 915. The minimum atomic E-state index is -0.252. The molecule has 7 heteroatoms. The van der Waals surface area contributed by atoms with Crippen LogP contribution in [0.3, 0.4) is 0 Å². The smallest absolute Gasteiger partial charge is 0.274 e. The lowest BCUT2D eigenvalue weighted by molar-refractivity contribution is -0.114. The topological polar surface area (TPSA) is 85.5 Å². The molecule has 2 aromatic rings. The normalized spacial score (nSPS) is 16.6. The summed E-state index contributed by atoms with van der Waals surface area (Å²) in [5.41, 5.74) is 8.71. The maximum atomic E-state index is 13.3. The molecule has 158 valence electrons. The van der Waals surface area contributed by atoms with E-state index < -0.39 is 0 Å². The molecule has 30 heavy (non-hydrogen) atoms. The number of carbonyl (C=O) groups excluding carboxylic acids is 1. The van der Waals surface area contributed by atoms with Crippen LogP contribution < -0.4 is 11.1 Å². The van der Waals surface area contributed by atoms with E-state index in [-0.39, 0.29) is 11.9 Å². The summed E-state index contributed by atoms with van der Waals surface area (Å²) in [5, 5.41) is 11.5. The van der Waals surface area contributed by atoms with Crippen molar-refractivity contribution < 1.29 is 4.79 Å². The molecule has 0 spiro atoms. The highest BCUT2D eigenvalue weighted by Gasteiger charge is 2.33. The van der Waals surface area contributed by atoms with E-state index in [4.69, 9.17) is 22.7 Å². The molecule has 0 saturated heterocycles. The SMILES string of the molecule is CC1CN(CCc2ccccc2)C(C(=O)Nc2cccc(Cl)c2)=C(C=N)N1CCN. The molecular formula is C23H28ClN5O. The van der Waals surface area contributed by atoms with Crippen LogP contribution in [0.15, 0.2) is 66.0 Å². The van der Waals surface area contributed by atoms with Crippen molar-refractivity contribution in [3.63, 3.8) is 0 Å². The summed E-state index contributed by atoms with van der Waals surface area (Å²) in [6.45, 7) is 4.50. The van der Waals surface area contributed by atoms with Gasteiger partial charge in [-0.2, -0.15) is 0 Å². The van der Waals surface area contributed by atoms with E-state index in [0.29, 0.717) is 48.3 Å². The maximum absolute atomic E-state index is 13.3. The second-order valence-electron chi connectivity index (χ2n) is 7.36. The summed E-state index contributed by atoms with van der Waals surface area (Å²) in [7, 11) is 0. The van der Waals surface area contributed by atoms with Gasteiger partial charge < -0.3 is 26.3 Å². The van der Waals surface area contributed by atoms with Gasteiger partial charge in [0.15, 0.2) is 0 Å². The van der Waals surface area contributed by atoms with Crippen LogP contribution in [0.25, 0.3) is 0 Å². The van der Waals surface area contributed by atoms with E-state index in [9.17, 15) is 4.79 Å². The van der Waals surface area contributed by atoms with Gasteiger partial charge in [-0.3, -0.25) is 4.79 Å². The predicted octanol–water partition coefficient (Wildman–Crippen LogP) is 3.35. The molecule has 1 aliphatic rings. The number of nitrogens with two attached hydrogens (primary N) is 1. The number of amides is 1. The van der Waals surface area contributed by atoms with Gasteiger partial charge >= 0.3 is 0 Å². The second-order valence-corrected chi connectivity index (χ2v) is 7.79. The Morgan fingerprint density at radius 1 is 1.23 bits per heavy atom. The largest absolute Gasteiger partial charge is 0.363 e. The quantitative estimate of drug-likeness (QED) is 0.566. The average molecular weight is 426 g/mol. The van der Waals surface area contributed by atoms with E-state index in [0.717, 1.165) is 6.42 Å². The third-order valence-electron chi connectivity index (χ3n) is 5.20. The van der Waals surface area contributed by atoms with Crippen LogP contribution in [0.2, 0.25) is 5.02 Å². The van der Waals surface area contributed by atoms with Crippen molar-refractivity contribution in [1.82, 2.24) is 9.80 Å². The number of allylic oxidation sites excluding steroid dienone is 1. The molecule has 0 aliphatic carbocycles. The number of hydrogen-bond acceptors (Lipinski definition) is 5. The van der Waals surface area contributed by atoms with Gasteiger partial charge in [-0.15, -0.1) is 0 Å². The standard InChI is InChI=1S/C23H28ClN5O/c1-17-16-28(12-10-18-6-3-2-4-7-18)22(21(15-26)29(17)13-11-25)23(30)27-20-9-5-8-19(24)14-20/h2-9,14-15,17,26H,10-13,16,25H2,1H3,(H,27,30). The Morgan fingerprint density at radius 2 is 2.00 bits per heavy atom. The number of nitrogens with zero attached hydrogens (tertiary/aromatic N) is 2. The third-order valence-corrected chi connectivity index (χ3v) is 5.44. The van der Waals surface area contributed by atoms with Crippen LogP contribution in [0.1, 0.15) is 12.5 Å². The van der Waals surface area contributed by atoms with Crippen molar-refractivity contribution in [2.45, 2.75) is 19.4 Å². The first kappa shape index (κ1) is 21.9. The third kappa shape index (κ3) is 5.20. The van der Waals surface area contributed by atoms with Crippen LogP contribution >= 0.6 is 11.6 Å². The van der Waals surface area contributed by atoms with E-state index in [1.54, 1.807) is 24.3 Å². The van der Waals surface area contributed by atoms with Crippen molar-refractivity contribution >= 4 is 29.4 Å². The van der Waals surface area contributed by atoms with Crippen LogP contribution in [-0.2, 0) is 11.2 Å². The number of rotatable bonds is 8. The summed E-state index contributed by atoms with van der Waals surface area (Å²) in [6, 6.07) is 17.4. The van der Waals surface area contributed by atoms with Crippen molar-refractivity contribution in [3.05, 3.63) is 76.6 Å². The lowest BCUT2D eigenvalue weighted by Crippen LogP contribution is -2.52. The number of hydrogen-bond donors (Lipinski definition) is 3. The summed E-state index contributed by atoms with van der Waals surface area (Å²) in [6.07, 6.45) is 2.07. The van der Waals surface area contributed by atoms with Gasteiger partial charge in [0.2, 0.25) is 0 Å². The number of benzene rings is 2. The van der Waals surface area contributed by atoms with E-state index in [1.807, 2.05) is 23.1 Å². The number of carbonyl (C=O) groups is 1. The molecule has 1 unspecified atom stereocenters. The summed E-state index contributed by atoms with van der Waals surface area (Å²) in [5.74, 6) is -0.252. The van der Waals surface area contributed by atoms with Crippen molar-refractivity contribution in [3.8, 4) is 0 Å². The van der Waals surface area contributed by atoms with Gasteiger partial charge in [0.05, 0.1) is 5.70 Å². The average Bonchev–Trinajstić information content (AvgIpc) is 2.74. The van der Waals surface area contributed by atoms with E-state index >= 15 is 0 Å². The minimum absolute atomic E-state index is 0.142. The molecule has 0 saturated carbocycles. The van der Waals surface area contributed by atoms with E-state index in [1.165, 1.54) is 11.8 Å². The molecule has 1 atom stereocenters. The monoisotopic (exact) mass is 425 g/mol. The van der Waals surface area contributed by atoms with Gasteiger partial charge in [-0.05, 0) is 37.1 Å². The lowest BCUT2D eigenvalue weighted by atomic mass is 10.1. The fraction of sp³-hybridized carbons (Fsp3) is 0.304. The molecule has 0 aromatic heterocycles. The highest BCUT2D eigenvalue weighted by atomic mass is 35.5. The molecule has 0 radical (unpaired) electrons. The number of nitrogens with one attached hydrogen (secondary N) is 2. The minimum Gasteiger partial charge on any atom is -0.363 e. The Labute approximate surface area is 182 Å². The van der Waals surface area contributed by atoms with Crippen molar-refractivity contribution in [1.29, 1.82) is 5.41 Å². The van der Waals surface area contributed by atoms with Gasteiger partial charge in [-0.1, -0.05) is 48.0 Å². The first-order chi connectivity index (χ1) is 14.5. The molecule has 4 N–H and O–H groups in total. The fourth-order valence-corrected chi connectivity index (χ4v) is 3.99. The molecule has 3 rings (SSSR count). The summed E-state index contributed by atoms with van der Waals surface area (Å²) >= 11 is 6.07. The zero-order chi connectivity index (χ0) is 21.5. The number of anilines is 1. The summed E-state index contributed by atoms with van der Waals surface area (Å²) < 4.78 is 0. The molecule has 1 amide bonds. The van der Waals surface area contributed by atoms with Gasteiger partial charge in [-0.25, -0.2) is 0 Å². The Hall–Kier alpha value is -2.83. The number of halogens is 1.